The third-order valence-corrected chi connectivity index (χ3v) is 2.70. The van der Waals surface area contributed by atoms with Crippen LogP contribution in [0.5, 0.6) is 0 Å². The standard InChI is InChI=1S/C6H10N4OS/c7-5(8)6(9)12(10)4-2-1-3-11-4/h1-3,6,10H,9H2,(H3,7,8). The summed E-state index contributed by atoms with van der Waals surface area (Å²) in [5.74, 6) is -0.190. The van der Waals surface area contributed by atoms with Crippen molar-refractivity contribution in [2.45, 2.75) is 10.5 Å². The molecular weight excluding hydrogens is 176 g/mol. The molecule has 0 aliphatic heterocycles. The predicted molar refractivity (Wildman–Crippen MR) is 46.9 cm³/mol. The molecule has 6 heteroatoms. The molecule has 0 bridgehead atoms. The van der Waals surface area contributed by atoms with Gasteiger partial charge in [0.25, 0.3) is 0 Å². The summed E-state index contributed by atoms with van der Waals surface area (Å²) in [6.07, 6.45) is 1.47. The maximum Gasteiger partial charge on any atom is 0.172 e. The summed E-state index contributed by atoms with van der Waals surface area (Å²) in [7, 11) is -1.07. The zero-order chi connectivity index (χ0) is 9.14. The summed E-state index contributed by atoms with van der Waals surface area (Å²) >= 11 is 0. The third kappa shape index (κ3) is 1.72. The van der Waals surface area contributed by atoms with Crippen LogP contribution in [0.25, 0.3) is 0 Å². The third-order valence-electron chi connectivity index (χ3n) is 1.27. The molecule has 1 heterocycles. The van der Waals surface area contributed by atoms with E-state index in [4.69, 9.17) is 26.1 Å². The lowest BCUT2D eigenvalue weighted by molar-refractivity contribution is 0.471. The van der Waals surface area contributed by atoms with Crippen LogP contribution in [0.15, 0.2) is 27.9 Å². The minimum absolute atomic E-state index is 0.190. The van der Waals surface area contributed by atoms with E-state index in [0.29, 0.717) is 5.09 Å². The average molecular weight is 186 g/mol. The second kappa shape index (κ2) is 3.51. The number of nitrogens with one attached hydrogen (secondary N) is 2. The zero-order valence-corrected chi connectivity index (χ0v) is 7.10. The Bertz CT molecular complexity index is 295. The van der Waals surface area contributed by atoms with Gasteiger partial charge in [-0.1, -0.05) is 0 Å². The molecule has 1 aromatic heterocycles. The van der Waals surface area contributed by atoms with E-state index in [0.717, 1.165) is 0 Å². The van der Waals surface area contributed by atoms with E-state index in [2.05, 4.69) is 0 Å². The first-order valence-corrected chi connectivity index (χ1v) is 4.49. The fourth-order valence-corrected chi connectivity index (χ4v) is 1.53. The van der Waals surface area contributed by atoms with E-state index in [1.54, 1.807) is 12.1 Å². The Labute approximate surface area is 72.1 Å². The van der Waals surface area contributed by atoms with E-state index < -0.39 is 16.1 Å². The van der Waals surface area contributed by atoms with Gasteiger partial charge in [0.05, 0.1) is 6.26 Å². The van der Waals surface area contributed by atoms with Crippen LogP contribution < -0.4 is 11.5 Å². The molecule has 12 heavy (non-hydrogen) atoms. The highest BCUT2D eigenvalue weighted by atomic mass is 32.2. The van der Waals surface area contributed by atoms with Gasteiger partial charge < -0.3 is 15.9 Å². The van der Waals surface area contributed by atoms with Gasteiger partial charge in [-0.05, 0) is 22.8 Å². The summed E-state index contributed by atoms with van der Waals surface area (Å²) in [5.41, 5.74) is 10.6. The van der Waals surface area contributed by atoms with Crippen LogP contribution in [0, 0.1) is 10.2 Å². The largest absolute Gasteiger partial charge is 0.457 e. The average Bonchev–Trinajstić information content (AvgIpc) is 2.53. The lowest BCUT2D eigenvalue weighted by atomic mass is 10.6. The maximum absolute atomic E-state index is 7.55. The Morgan fingerprint density at radius 1 is 1.67 bits per heavy atom. The van der Waals surface area contributed by atoms with Gasteiger partial charge in [-0.2, -0.15) is 0 Å². The topological polar surface area (TPSA) is 113 Å². The molecule has 6 N–H and O–H groups in total. The molecule has 0 radical (unpaired) electrons. The van der Waals surface area contributed by atoms with Crippen molar-refractivity contribution in [3.8, 4) is 0 Å². The number of amidine groups is 1. The smallest absolute Gasteiger partial charge is 0.172 e. The molecule has 2 unspecified atom stereocenters. The molecule has 0 fully saturated rings. The van der Waals surface area contributed by atoms with Crippen LogP contribution in [0.2, 0.25) is 0 Å². The molecule has 66 valence electrons. The van der Waals surface area contributed by atoms with Crippen LogP contribution in [0.1, 0.15) is 0 Å². The van der Waals surface area contributed by atoms with E-state index in [-0.39, 0.29) is 5.84 Å². The molecule has 0 saturated carbocycles. The highest BCUT2D eigenvalue weighted by molar-refractivity contribution is 7.87. The van der Waals surface area contributed by atoms with Gasteiger partial charge in [-0.25, -0.2) is 0 Å². The second-order valence-corrected chi connectivity index (χ2v) is 3.73. The van der Waals surface area contributed by atoms with Crippen molar-refractivity contribution in [1.29, 1.82) is 10.2 Å². The maximum atomic E-state index is 7.55. The lowest BCUT2D eigenvalue weighted by Gasteiger charge is -2.09. The predicted octanol–water partition coefficient (Wildman–Crippen LogP) is 0.240. The molecule has 0 saturated heterocycles. The van der Waals surface area contributed by atoms with Gasteiger partial charge in [0.2, 0.25) is 0 Å². The minimum atomic E-state index is -1.07. The summed E-state index contributed by atoms with van der Waals surface area (Å²) in [5, 5.41) is 6.72. The van der Waals surface area contributed by atoms with Crippen LogP contribution in [0.3, 0.4) is 0 Å². The monoisotopic (exact) mass is 186 g/mol. The normalized spacial score (nSPS) is 15.4. The highest BCUT2D eigenvalue weighted by Gasteiger charge is 2.14. The van der Waals surface area contributed by atoms with Crippen molar-refractivity contribution < 1.29 is 4.42 Å². The quantitative estimate of drug-likeness (QED) is 0.400. The van der Waals surface area contributed by atoms with E-state index in [1.165, 1.54) is 6.26 Å². The Morgan fingerprint density at radius 3 is 2.75 bits per heavy atom. The van der Waals surface area contributed by atoms with Crippen molar-refractivity contribution in [2.75, 3.05) is 0 Å². The van der Waals surface area contributed by atoms with Crippen molar-refractivity contribution in [2.24, 2.45) is 11.5 Å². The Balaban J connectivity index is 2.79. The van der Waals surface area contributed by atoms with Crippen LogP contribution in [-0.4, -0.2) is 11.2 Å². The molecule has 0 aliphatic rings. The first-order chi connectivity index (χ1) is 5.63. The van der Waals surface area contributed by atoms with E-state index in [1.807, 2.05) is 0 Å². The molecular formula is C6H10N4OS. The molecule has 5 nitrogen and oxygen atoms in total. The van der Waals surface area contributed by atoms with Crippen molar-refractivity contribution in [3.63, 3.8) is 0 Å². The van der Waals surface area contributed by atoms with Gasteiger partial charge in [0.1, 0.15) is 11.2 Å². The molecule has 0 amide bonds. The molecule has 0 aliphatic carbocycles. The zero-order valence-electron chi connectivity index (χ0n) is 6.28. The summed E-state index contributed by atoms with van der Waals surface area (Å²) in [6.45, 7) is 0. The molecule has 1 aromatic rings. The van der Waals surface area contributed by atoms with Crippen LogP contribution >= 0.6 is 0 Å². The summed E-state index contributed by atoms with van der Waals surface area (Å²) in [6, 6.07) is 3.33. The number of hydrogen-bond acceptors (Lipinski definition) is 4. The minimum Gasteiger partial charge on any atom is -0.457 e. The van der Waals surface area contributed by atoms with Gasteiger partial charge in [0.15, 0.2) is 5.09 Å². The summed E-state index contributed by atoms with van der Waals surface area (Å²) < 4.78 is 12.5. The first-order valence-electron chi connectivity index (χ1n) is 3.20. The number of rotatable bonds is 3. The SMILES string of the molecule is N=C(N)C(N)S(=N)c1ccco1. The number of nitrogens with two attached hydrogens (primary N) is 2. The molecule has 0 spiro atoms. The van der Waals surface area contributed by atoms with Gasteiger partial charge in [-0.15, -0.1) is 0 Å². The Hall–Kier alpha value is -1.14. The lowest BCUT2D eigenvalue weighted by Crippen LogP contribution is -2.38. The fourth-order valence-electron chi connectivity index (χ4n) is 0.641. The van der Waals surface area contributed by atoms with Crippen molar-refractivity contribution in [3.05, 3.63) is 18.4 Å². The van der Waals surface area contributed by atoms with Crippen molar-refractivity contribution in [1.82, 2.24) is 0 Å². The summed E-state index contributed by atoms with van der Waals surface area (Å²) in [4.78, 5) is 0. The molecule has 1 rings (SSSR count). The Morgan fingerprint density at radius 2 is 2.33 bits per heavy atom. The number of hydrogen-bond donors (Lipinski definition) is 4. The van der Waals surface area contributed by atoms with Crippen LogP contribution in [0.4, 0.5) is 0 Å². The van der Waals surface area contributed by atoms with Gasteiger partial charge in [-0.3, -0.25) is 10.2 Å². The van der Waals surface area contributed by atoms with Gasteiger partial charge in [0, 0.05) is 0 Å². The Kier molecular flexibility index (Phi) is 2.61. The number of furan rings is 1. The van der Waals surface area contributed by atoms with Crippen LogP contribution in [-0.2, 0) is 10.7 Å². The van der Waals surface area contributed by atoms with Gasteiger partial charge >= 0.3 is 0 Å². The van der Waals surface area contributed by atoms with E-state index in [9.17, 15) is 0 Å². The fraction of sp³-hybridized carbons (Fsp3) is 0.167. The highest BCUT2D eigenvalue weighted by Crippen LogP contribution is 2.09. The van der Waals surface area contributed by atoms with Crippen molar-refractivity contribution >= 4 is 16.5 Å². The molecule has 2 atom stereocenters. The van der Waals surface area contributed by atoms with E-state index >= 15 is 0 Å². The second-order valence-electron chi connectivity index (χ2n) is 2.15. The first kappa shape index (κ1) is 8.95. The molecule has 0 aromatic carbocycles.